The number of amides is 1. The first-order valence-corrected chi connectivity index (χ1v) is 11.3. The molecule has 9 heteroatoms. The minimum Gasteiger partial charge on any atom is -0.466 e. The number of rotatable bonds is 6. The van der Waals surface area contributed by atoms with Crippen molar-refractivity contribution in [2.75, 3.05) is 19.7 Å². The van der Waals surface area contributed by atoms with Crippen LogP contribution in [0.1, 0.15) is 35.8 Å². The van der Waals surface area contributed by atoms with Crippen molar-refractivity contribution in [2.45, 2.75) is 26.3 Å². The number of para-hydroxylation sites is 1. The van der Waals surface area contributed by atoms with Crippen molar-refractivity contribution in [1.82, 2.24) is 19.2 Å². The molecule has 0 spiro atoms. The molecule has 2 heterocycles. The number of hydrogen-bond acceptors (Lipinski definition) is 6. The van der Waals surface area contributed by atoms with E-state index in [-0.39, 0.29) is 31.4 Å². The Balaban J connectivity index is 1.76. The van der Waals surface area contributed by atoms with Crippen LogP contribution in [0.2, 0.25) is 0 Å². The first kappa shape index (κ1) is 23.2. The molecule has 2 aromatic carbocycles. The van der Waals surface area contributed by atoms with Gasteiger partial charge in [-0.2, -0.15) is 9.78 Å². The van der Waals surface area contributed by atoms with E-state index >= 15 is 0 Å². The quantitative estimate of drug-likeness (QED) is 0.518. The number of likely N-dealkylation sites (tertiary alicyclic amines) is 1. The minimum atomic E-state index is -0.760. The average molecular weight is 463 g/mol. The molecule has 0 N–H and O–H groups in total. The minimum absolute atomic E-state index is 0.000406. The van der Waals surface area contributed by atoms with Crippen molar-refractivity contribution in [3.63, 3.8) is 0 Å². The van der Waals surface area contributed by atoms with Gasteiger partial charge in [-0.1, -0.05) is 48.5 Å². The molecule has 0 radical (unpaired) electrons. The molecule has 1 aliphatic heterocycles. The molecule has 1 aliphatic rings. The fourth-order valence-electron chi connectivity index (χ4n) is 4.06. The lowest BCUT2D eigenvalue weighted by Gasteiger charge is -2.31. The molecule has 4 rings (SSSR count). The van der Waals surface area contributed by atoms with Crippen LogP contribution in [0.15, 0.2) is 70.3 Å². The van der Waals surface area contributed by atoms with Gasteiger partial charge in [-0.05, 0) is 37.5 Å². The van der Waals surface area contributed by atoms with Gasteiger partial charge < -0.3 is 9.64 Å². The van der Waals surface area contributed by atoms with E-state index in [4.69, 9.17) is 4.74 Å². The fourth-order valence-corrected chi connectivity index (χ4v) is 4.06. The van der Waals surface area contributed by atoms with E-state index in [1.54, 1.807) is 49.4 Å². The highest BCUT2D eigenvalue weighted by Gasteiger charge is 2.32. The van der Waals surface area contributed by atoms with Crippen LogP contribution < -0.4 is 11.2 Å². The molecule has 0 unspecified atom stereocenters. The van der Waals surface area contributed by atoms with Crippen LogP contribution in [0, 0.1) is 5.92 Å². The summed E-state index contributed by atoms with van der Waals surface area (Å²) in [6.45, 7) is 2.52. The Bertz CT molecular complexity index is 1280. The second-order valence-electron chi connectivity index (χ2n) is 8.10. The molecule has 9 nitrogen and oxygen atoms in total. The number of piperidine rings is 1. The van der Waals surface area contributed by atoms with Gasteiger partial charge in [0.1, 0.15) is 0 Å². The Hall–Kier alpha value is -4.01. The summed E-state index contributed by atoms with van der Waals surface area (Å²) < 4.78 is 7.21. The van der Waals surface area contributed by atoms with Gasteiger partial charge in [0, 0.05) is 13.1 Å². The maximum atomic E-state index is 13.4. The van der Waals surface area contributed by atoms with Crippen molar-refractivity contribution in [1.29, 1.82) is 0 Å². The average Bonchev–Trinajstić information content (AvgIpc) is 2.87. The summed E-state index contributed by atoms with van der Waals surface area (Å²) >= 11 is 0. The van der Waals surface area contributed by atoms with Crippen molar-refractivity contribution >= 4 is 11.9 Å². The molecule has 1 saturated heterocycles. The van der Waals surface area contributed by atoms with Gasteiger partial charge in [0.15, 0.2) is 0 Å². The van der Waals surface area contributed by atoms with Crippen LogP contribution in [0.5, 0.6) is 0 Å². The zero-order valence-electron chi connectivity index (χ0n) is 18.9. The zero-order chi connectivity index (χ0) is 24.1. The number of ether oxygens (including phenoxy) is 1. The lowest BCUT2D eigenvalue weighted by molar-refractivity contribution is -0.149. The summed E-state index contributed by atoms with van der Waals surface area (Å²) in [5.74, 6) is -1.42. The van der Waals surface area contributed by atoms with Crippen LogP contribution in [0.25, 0.3) is 5.69 Å². The van der Waals surface area contributed by atoms with E-state index in [2.05, 4.69) is 5.10 Å². The number of benzene rings is 2. The van der Waals surface area contributed by atoms with E-state index in [9.17, 15) is 19.2 Å². The molecule has 1 fully saturated rings. The van der Waals surface area contributed by atoms with Crippen molar-refractivity contribution in [3.8, 4) is 5.69 Å². The van der Waals surface area contributed by atoms with Gasteiger partial charge in [-0.3, -0.25) is 19.0 Å². The third-order valence-corrected chi connectivity index (χ3v) is 5.78. The van der Waals surface area contributed by atoms with Gasteiger partial charge in [0.2, 0.25) is 5.69 Å². The molecule has 0 saturated carbocycles. The van der Waals surface area contributed by atoms with Crippen molar-refractivity contribution in [3.05, 3.63) is 92.8 Å². The Labute approximate surface area is 196 Å². The SMILES string of the molecule is CCOC(=O)[C@H]1CCCN(C(=O)c2nn(-c3ccccc3)c(=O)n(Cc3ccccc3)c2=O)C1. The Morgan fingerprint density at radius 1 is 1.03 bits per heavy atom. The van der Waals surface area contributed by atoms with E-state index in [1.165, 1.54) is 4.90 Å². The lowest BCUT2D eigenvalue weighted by atomic mass is 9.98. The van der Waals surface area contributed by atoms with Crippen molar-refractivity contribution < 1.29 is 14.3 Å². The summed E-state index contributed by atoms with van der Waals surface area (Å²) in [6.07, 6.45) is 1.21. The maximum absolute atomic E-state index is 13.4. The second kappa shape index (κ2) is 10.3. The molecule has 3 aromatic rings. The van der Waals surface area contributed by atoms with Crippen LogP contribution in [-0.2, 0) is 16.1 Å². The largest absolute Gasteiger partial charge is 0.466 e. The molecule has 0 bridgehead atoms. The fraction of sp³-hybridized carbons (Fsp3) is 0.320. The Morgan fingerprint density at radius 2 is 1.71 bits per heavy atom. The maximum Gasteiger partial charge on any atom is 0.352 e. The van der Waals surface area contributed by atoms with Crippen molar-refractivity contribution in [2.24, 2.45) is 5.92 Å². The molecular formula is C25H26N4O5. The van der Waals surface area contributed by atoms with Gasteiger partial charge in [-0.25, -0.2) is 4.79 Å². The van der Waals surface area contributed by atoms with Gasteiger partial charge >= 0.3 is 11.7 Å². The van der Waals surface area contributed by atoms with Crippen LogP contribution in [0.4, 0.5) is 0 Å². The summed E-state index contributed by atoms with van der Waals surface area (Å²) in [7, 11) is 0. The monoisotopic (exact) mass is 462 g/mol. The van der Waals surface area contributed by atoms with E-state index in [0.717, 1.165) is 14.8 Å². The molecular weight excluding hydrogens is 436 g/mol. The number of nitrogens with zero attached hydrogens (tertiary/aromatic N) is 4. The molecule has 1 amide bonds. The molecule has 1 aromatic heterocycles. The highest BCUT2D eigenvalue weighted by molar-refractivity contribution is 5.92. The van der Waals surface area contributed by atoms with E-state index in [1.807, 2.05) is 18.2 Å². The van der Waals surface area contributed by atoms with Gasteiger partial charge in [0.05, 0.1) is 24.8 Å². The van der Waals surface area contributed by atoms with Crippen LogP contribution >= 0.6 is 0 Å². The number of carbonyl (C=O) groups is 2. The zero-order valence-corrected chi connectivity index (χ0v) is 18.9. The Morgan fingerprint density at radius 3 is 2.38 bits per heavy atom. The third-order valence-electron chi connectivity index (χ3n) is 5.78. The third kappa shape index (κ3) is 4.83. The summed E-state index contributed by atoms with van der Waals surface area (Å²) in [6, 6.07) is 17.7. The van der Waals surface area contributed by atoms with Crippen LogP contribution in [0.3, 0.4) is 0 Å². The number of esters is 1. The molecule has 1 atom stereocenters. The lowest BCUT2D eigenvalue weighted by Crippen LogP contribution is -2.49. The van der Waals surface area contributed by atoms with Gasteiger partial charge in [0.25, 0.3) is 11.5 Å². The topological polar surface area (TPSA) is 104 Å². The second-order valence-corrected chi connectivity index (χ2v) is 8.10. The normalized spacial score (nSPS) is 15.7. The highest BCUT2D eigenvalue weighted by Crippen LogP contribution is 2.19. The standard InChI is InChI=1S/C25H26N4O5/c1-2-34-24(32)19-12-9-15-27(17-19)22(30)21-23(31)28(16-18-10-5-3-6-11-18)25(33)29(26-21)20-13-7-4-8-14-20/h3-8,10-11,13-14,19H,2,9,12,15-17H2,1H3/t19-/m0/s1. The first-order valence-electron chi connectivity index (χ1n) is 11.3. The summed E-state index contributed by atoms with van der Waals surface area (Å²) in [5.41, 5.74) is -0.578. The smallest absolute Gasteiger partial charge is 0.352 e. The first-order chi connectivity index (χ1) is 16.5. The predicted octanol–water partition coefficient (Wildman–Crippen LogP) is 1.86. The Kier molecular flexibility index (Phi) is 7.01. The molecule has 34 heavy (non-hydrogen) atoms. The number of carbonyl (C=O) groups excluding carboxylic acids is 2. The van der Waals surface area contributed by atoms with E-state index in [0.29, 0.717) is 25.1 Å². The number of hydrogen-bond donors (Lipinski definition) is 0. The number of aromatic nitrogens is 3. The summed E-state index contributed by atoms with van der Waals surface area (Å²) in [4.78, 5) is 53.7. The van der Waals surface area contributed by atoms with E-state index < -0.39 is 23.1 Å². The molecule has 0 aliphatic carbocycles. The summed E-state index contributed by atoms with van der Waals surface area (Å²) in [5, 5.41) is 4.19. The highest BCUT2D eigenvalue weighted by atomic mass is 16.5. The van der Waals surface area contributed by atoms with Crippen LogP contribution in [-0.4, -0.2) is 50.8 Å². The van der Waals surface area contributed by atoms with Gasteiger partial charge in [-0.15, -0.1) is 0 Å². The molecule has 176 valence electrons. The predicted molar refractivity (Wildman–Crippen MR) is 125 cm³/mol.